The molecule has 7 nitrogen and oxygen atoms in total. The molecule has 0 spiro atoms. The second-order valence-electron chi connectivity index (χ2n) is 6.90. The van der Waals surface area contributed by atoms with Gasteiger partial charge in [0.1, 0.15) is 12.4 Å². The van der Waals surface area contributed by atoms with Crippen molar-refractivity contribution in [3.05, 3.63) is 29.3 Å². The van der Waals surface area contributed by atoms with E-state index in [1.807, 2.05) is 39.8 Å². The van der Waals surface area contributed by atoms with Crippen molar-refractivity contribution in [2.75, 3.05) is 40.5 Å². The number of ether oxygens (including phenoxy) is 2. The van der Waals surface area contributed by atoms with E-state index in [4.69, 9.17) is 9.47 Å². The average molecular weight is 379 g/mol. The molecule has 1 aromatic carbocycles. The highest BCUT2D eigenvalue weighted by molar-refractivity contribution is 5.84. The zero-order valence-electron chi connectivity index (χ0n) is 17.4. The molecule has 0 fully saturated rings. The van der Waals surface area contributed by atoms with Crippen molar-refractivity contribution in [1.82, 2.24) is 16.0 Å². The SMILES string of the molecule is CCOCCOc1cc(C)ccc1CNC(=NC)NCC(C)(C)C(=O)NC. The number of carbonyl (C=O) groups is 1. The number of nitrogens with one attached hydrogen (secondary N) is 3. The third-order valence-electron chi connectivity index (χ3n) is 4.12. The first kappa shape index (κ1) is 22.8. The number of hydrogen-bond acceptors (Lipinski definition) is 4. The highest BCUT2D eigenvalue weighted by Gasteiger charge is 2.26. The van der Waals surface area contributed by atoms with Gasteiger partial charge in [0.2, 0.25) is 5.91 Å². The lowest BCUT2D eigenvalue weighted by molar-refractivity contribution is -0.128. The smallest absolute Gasteiger partial charge is 0.227 e. The highest BCUT2D eigenvalue weighted by atomic mass is 16.5. The number of hydrogen-bond donors (Lipinski definition) is 3. The zero-order valence-corrected chi connectivity index (χ0v) is 17.4. The van der Waals surface area contributed by atoms with E-state index >= 15 is 0 Å². The van der Waals surface area contributed by atoms with Crippen LogP contribution in [0.15, 0.2) is 23.2 Å². The van der Waals surface area contributed by atoms with Crippen molar-refractivity contribution < 1.29 is 14.3 Å². The van der Waals surface area contributed by atoms with Gasteiger partial charge in [0.25, 0.3) is 0 Å². The molecule has 0 aliphatic carbocycles. The third kappa shape index (κ3) is 7.86. The Balaban J connectivity index is 2.65. The first-order valence-corrected chi connectivity index (χ1v) is 9.30. The Hall–Kier alpha value is -2.28. The van der Waals surface area contributed by atoms with Crippen LogP contribution in [0.4, 0.5) is 0 Å². The second-order valence-corrected chi connectivity index (χ2v) is 6.90. The normalized spacial score (nSPS) is 11.9. The van der Waals surface area contributed by atoms with Gasteiger partial charge in [-0.2, -0.15) is 0 Å². The highest BCUT2D eigenvalue weighted by Crippen LogP contribution is 2.20. The lowest BCUT2D eigenvalue weighted by atomic mass is 9.92. The van der Waals surface area contributed by atoms with Crippen LogP contribution in [0.25, 0.3) is 0 Å². The van der Waals surface area contributed by atoms with E-state index in [1.54, 1.807) is 14.1 Å². The maximum absolute atomic E-state index is 11.9. The van der Waals surface area contributed by atoms with Crippen LogP contribution in [0, 0.1) is 12.3 Å². The summed E-state index contributed by atoms with van der Waals surface area (Å²) in [5.41, 5.74) is 1.63. The molecule has 3 N–H and O–H groups in total. The zero-order chi connectivity index (χ0) is 20.3. The van der Waals surface area contributed by atoms with Gasteiger partial charge >= 0.3 is 0 Å². The summed E-state index contributed by atoms with van der Waals surface area (Å²) in [4.78, 5) is 16.1. The van der Waals surface area contributed by atoms with Crippen molar-refractivity contribution in [3.8, 4) is 5.75 Å². The van der Waals surface area contributed by atoms with Gasteiger partial charge < -0.3 is 25.4 Å². The van der Waals surface area contributed by atoms with E-state index in [0.717, 1.165) is 16.9 Å². The summed E-state index contributed by atoms with van der Waals surface area (Å²) in [7, 11) is 3.35. The van der Waals surface area contributed by atoms with Crippen molar-refractivity contribution in [2.45, 2.75) is 34.2 Å². The fourth-order valence-corrected chi connectivity index (χ4v) is 2.42. The molecule has 0 heterocycles. The second kappa shape index (κ2) is 11.4. The first-order chi connectivity index (χ1) is 12.8. The molecule has 0 saturated heterocycles. The molecule has 152 valence electrons. The van der Waals surface area contributed by atoms with Crippen LogP contribution in [-0.4, -0.2) is 52.3 Å². The minimum absolute atomic E-state index is 0.0195. The summed E-state index contributed by atoms with van der Waals surface area (Å²) in [5, 5.41) is 9.16. The molecule has 7 heteroatoms. The summed E-state index contributed by atoms with van der Waals surface area (Å²) in [6.45, 7) is 10.6. The van der Waals surface area contributed by atoms with E-state index in [-0.39, 0.29) is 5.91 Å². The number of aliphatic imine (C=N–C) groups is 1. The van der Waals surface area contributed by atoms with Crippen LogP contribution in [0.3, 0.4) is 0 Å². The summed E-state index contributed by atoms with van der Waals surface area (Å²) >= 11 is 0. The van der Waals surface area contributed by atoms with Crippen LogP contribution in [0.5, 0.6) is 5.75 Å². The molecule has 1 amide bonds. The van der Waals surface area contributed by atoms with Crippen molar-refractivity contribution in [3.63, 3.8) is 0 Å². The van der Waals surface area contributed by atoms with Crippen molar-refractivity contribution >= 4 is 11.9 Å². The minimum Gasteiger partial charge on any atom is -0.491 e. The summed E-state index contributed by atoms with van der Waals surface area (Å²) in [6.07, 6.45) is 0. The lowest BCUT2D eigenvalue weighted by Crippen LogP contribution is -2.47. The molecule has 0 aliphatic rings. The monoisotopic (exact) mass is 378 g/mol. The first-order valence-electron chi connectivity index (χ1n) is 9.30. The number of aryl methyl sites for hydroxylation is 1. The van der Waals surface area contributed by atoms with Crippen LogP contribution < -0.4 is 20.7 Å². The molecule has 0 bridgehead atoms. The van der Waals surface area contributed by atoms with E-state index in [9.17, 15) is 4.79 Å². The Morgan fingerprint density at radius 2 is 1.96 bits per heavy atom. The maximum atomic E-state index is 11.9. The van der Waals surface area contributed by atoms with E-state index < -0.39 is 5.41 Å². The molecule has 0 aromatic heterocycles. The summed E-state index contributed by atoms with van der Waals surface area (Å²) < 4.78 is 11.2. The molecule has 0 atom stereocenters. The van der Waals surface area contributed by atoms with Gasteiger partial charge in [-0.15, -0.1) is 0 Å². The average Bonchev–Trinajstić information content (AvgIpc) is 2.65. The standard InChI is InChI=1S/C20H34N4O3/c1-7-26-10-11-27-17-12-15(2)8-9-16(17)13-23-19(22-6)24-14-20(3,4)18(25)21-5/h8-9,12H,7,10-11,13-14H2,1-6H3,(H,21,25)(H2,22,23,24). The van der Waals surface area contributed by atoms with Crippen molar-refractivity contribution in [2.24, 2.45) is 10.4 Å². The Morgan fingerprint density at radius 3 is 2.59 bits per heavy atom. The molecule has 0 radical (unpaired) electrons. The molecule has 1 aromatic rings. The number of nitrogens with zero attached hydrogens (tertiary/aromatic N) is 1. The predicted molar refractivity (Wildman–Crippen MR) is 109 cm³/mol. The Morgan fingerprint density at radius 1 is 1.22 bits per heavy atom. The molecular formula is C20H34N4O3. The van der Waals surface area contributed by atoms with Gasteiger partial charge in [-0.25, -0.2) is 0 Å². The van der Waals surface area contributed by atoms with E-state index in [1.165, 1.54) is 0 Å². The van der Waals surface area contributed by atoms with Gasteiger partial charge in [-0.1, -0.05) is 12.1 Å². The molecule has 1 rings (SSSR count). The molecule has 27 heavy (non-hydrogen) atoms. The van der Waals surface area contributed by atoms with Gasteiger partial charge in [0.05, 0.1) is 12.0 Å². The number of benzene rings is 1. The van der Waals surface area contributed by atoms with E-state index in [0.29, 0.717) is 38.9 Å². The van der Waals surface area contributed by atoms with Gasteiger partial charge in [0, 0.05) is 39.4 Å². The molecular weight excluding hydrogens is 344 g/mol. The fourth-order valence-electron chi connectivity index (χ4n) is 2.42. The topological polar surface area (TPSA) is 84.0 Å². The Bertz CT molecular complexity index is 630. The summed E-state index contributed by atoms with van der Waals surface area (Å²) in [6, 6.07) is 6.12. The quantitative estimate of drug-likeness (QED) is 0.329. The predicted octanol–water partition coefficient (Wildman–Crippen LogP) is 1.85. The molecule has 0 unspecified atom stereocenters. The maximum Gasteiger partial charge on any atom is 0.227 e. The Labute approximate surface area is 162 Å². The third-order valence-corrected chi connectivity index (χ3v) is 4.12. The van der Waals surface area contributed by atoms with Crippen LogP contribution >= 0.6 is 0 Å². The van der Waals surface area contributed by atoms with Crippen LogP contribution in [-0.2, 0) is 16.1 Å². The number of guanidine groups is 1. The number of rotatable bonds is 10. The van der Waals surface area contributed by atoms with Gasteiger partial charge in [-0.05, 0) is 39.3 Å². The molecule has 0 aliphatic heterocycles. The lowest BCUT2D eigenvalue weighted by Gasteiger charge is -2.24. The van der Waals surface area contributed by atoms with Gasteiger partial charge in [-0.3, -0.25) is 9.79 Å². The summed E-state index contributed by atoms with van der Waals surface area (Å²) in [5.74, 6) is 1.45. The minimum atomic E-state index is -0.538. The number of carbonyl (C=O) groups excluding carboxylic acids is 1. The van der Waals surface area contributed by atoms with Crippen molar-refractivity contribution in [1.29, 1.82) is 0 Å². The fraction of sp³-hybridized carbons (Fsp3) is 0.600. The molecule has 0 saturated carbocycles. The van der Waals surface area contributed by atoms with E-state index in [2.05, 4.69) is 27.0 Å². The van der Waals surface area contributed by atoms with Gasteiger partial charge in [0.15, 0.2) is 5.96 Å². The largest absolute Gasteiger partial charge is 0.491 e. The number of amides is 1. The van der Waals surface area contributed by atoms with Crippen LogP contribution in [0.2, 0.25) is 0 Å². The van der Waals surface area contributed by atoms with Crippen LogP contribution in [0.1, 0.15) is 31.9 Å². The Kier molecular flexibility index (Phi) is 9.64.